The van der Waals surface area contributed by atoms with Gasteiger partial charge in [0.25, 0.3) is 0 Å². The van der Waals surface area contributed by atoms with Gasteiger partial charge in [-0.3, -0.25) is 4.40 Å². The normalized spacial score (nSPS) is 20.6. The summed E-state index contributed by atoms with van der Waals surface area (Å²) in [6, 6.07) is 14.7. The van der Waals surface area contributed by atoms with E-state index in [0.717, 1.165) is 70.9 Å². The molecular weight excluding hydrogens is 621 g/mol. The first-order chi connectivity index (χ1) is 23.3. The van der Waals surface area contributed by atoms with E-state index in [1.54, 1.807) is 6.07 Å². The number of hydrogen-bond acceptors (Lipinski definition) is 7. The highest BCUT2D eigenvalue weighted by Gasteiger charge is 2.37. The molecule has 1 fully saturated rings. The summed E-state index contributed by atoms with van der Waals surface area (Å²) in [4.78, 5) is 21.1. The average molecular weight is 670 g/mol. The van der Waals surface area contributed by atoms with Crippen LogP contribution in [0.1, 0.15) is 78.0 Å². The first kappa shape index (κ1) is 34.6. The Balaban J connectivity index is 1.55. The molecule has 2 aromatic heterocycles. The number of piperidine rings is 1. The maximum Gasteiger partial charge on any atom is 0.340 e. The number of carbonyl (C=O) groups is 1. The molecule has 1 saturated heterocycles. The van der Waals surface area contributed by atoms with Gasteiger partial charge in [-0.15, -0.1) is 0 Å². The summed E-state index contributed by atoms with van der Waals surface area (Å²) in [7, 11) is 0. The lowest BCUT2D eigenvalue weighted by Crippen LogP contribution is -2.45. The lowest BCUT2D eigenvalue weighted by atomic mass is 9.92. The van der Waals surface area contributed by atoms with E-state index in [4.69, 9.17) is 23.9 Å². The molecule has 3 aliphatic heterocycles. The van der Waals surface area contributed by atoms with Crippen LogP contribution in [0.3, 0.4) is 0 Å². The Bertz CT molecular complexity index is 1850. The predicted molar refractivity (Wildman–Crippen MR) is 191 cm³/mol. The van der Waals surface area contributed by atoms with Gasteiger partial charge < -0.3 is 23.8 Å². The number of carbonyl (C=O) groups excluding carboxylic acids is 1. The number of esters is 1. The molecule has 2 aromatic carbocycles. The van der Waals surface area contributed by atoms with Gasteiger partial charge in [0, 0.05) is 48.5 Å². The highest BCUT2D eigenvalue weighted by molar-refractivity contribution is 5.82. The zero-order chi connectivity index (χ0) is 34.9. The van der Waals surface area contributed by atoms with E-state index in [-0.39, 0.29) is 24.1 Å². The van der Waals surface area contributed by atoms with Gasteiger partial charge in [0.05, 0.1) is 36.2 Å². The number of ether oxygens (including phenoxy) is 4. The Morgan fingerprint density at radius 2 is 1.86 bits per heavy atom. The summed E-state index contributed by atoms with van der Waals surface area (Å²) in [5.74, 6) is 0.586. The number of aryl methyl sites for hydroxylation is 1. The molecule has 7 rings (SSSR count). The van der Waals surface area contributed by atoms with E-state index in [1.807, 2.05) is 78.1 Å². The highest BCUT2D eigenvalue weighted by Crippen LogP contribution is 2.40. The van der Waals surface area contributed by atoms with Crippen molar-refractivity contribution in [3.63, 3.8) is 0 Å². The number of fused-ring (bicyclic) bond motifs is 7. The van der Waals surface area contributed by atoms with E-state index in [1.165, 1.54) is 12.1 Å². The number of benzene rings is 2. The van der Waals surface area contributed by atoms with Crippen LogP contribution in [0, 0.1) is 12.7 Å². The van der Waals surface area contributed by atoms with Crippen LogP contribution in [0.2, 0.25) is 0 Å². The van der Waals surface area contributed by atoms with Crippen LogP contribution in [0.4, 0.5) is 10.2 Å². The van der Waals surface area contributed by atoms with Gasteiger partial charge in [0.1, 0.15) is 23.0 Å². The molecule has 0 radical (unpaired) electrons. The minimum Gasteiger partial charge on any atom is -0.490 e. The SMILES string of the molecule is CCOC(=O)[C@@H](OC(C)(C)C)c1c(C)cc2nc3cn2c1N1CCC(C)(CC1)OCC=CC[C@H](C)Oc1cc(F)ccc1-c1cccc-3c1. The fourth-order valence-corrected chi connectivity index (χ4v) is 6.71. The molecule has 0 aliphatic carbocycles. The van der Waals surface area contributed by atoms with Gasteiger partial charge in [-0.05, 0) is 96.7 Å². The molecule has 0 spiro atoms. The maximum absolute atomic E-state index is 14.5. The van der Waals surface area contributed by atoms with Gasteiger partial charge in [-0.1, -0.05) is 30.4 Å². The van der Waals surface area contributed by atoms with Crippen molar-refractivity contribution in [3.8, 4) is 28.1 Å². The lowest BCUT2D eigenvalue weighted by Gasteiger charge is -2.41. The van der Waals surface area contributed by atoms with E-state index in [9.17, 15) is 9.18 Å². The molecule has 2 atom stereocenters. The van der Waals surface area contributed by atoms with Crippen molar-refractivity contribution in [3.05, 3.63) is 83.8 Å². The van der Waals surface area contributed by atoms with E-state index < -0.39 is 17.7 Å². The summed E-state index contributed by atoms with van der Waals surface area (Å²) in [6.45, 7) is 16.0. The molecular formula is C40H48FN3O5. The van der Waals surface area contributed by atoms with Crippen molar-refractivity contribution in [2.24, 2.45) is 0 Å². The number of halogens is 1. The number of hydrogen-bond donors (Lipinski definition) is 0. The third kappa shape index (κ3) is 7.68. The standard InChI is InChI=1S/C40H48FN3O5/c1-8-46-38(45)36(49-39(4,5)6)35-26(2)22-34-42-32-25-44(34)37(35)43-19-17-40(7,18-20-43)47-21-10-9-12-27(3)48-33-24-30(41)15-16-31(33)28-13-11-14-29(32)23-28/h9-11,13-16,22-25,27,36H,8,12,17-21H2,1-7H3/t27-,36-/m0/s1. The second kappa shape index (κ2) is 14.0. The van der Waals surface area contributed by atoms with Gasteiger partial charge in [0.2, 0.25) is 0 Å². The van der Waals surface area contributed by atoms with Gasteiger partial charge in [-0.25, -0.2) is 14.2 Å². The predicted octanol–water partition coefficient (Wildman–Crippen LogP) is 8.64. The van der Waals surface area contributed by atoms with Crippen LogP contribution in [-0.4, -0.2) is 59.0 Å². The molecule has 5 heterocycles. The fourth-order valence-electron chi connectivity index (χ4n) is 6.71. The van der Waals surface area contributed by atoms with Crippen LogP contribution in [0.5, 0.6) is 5.75 Å². The summed E-state index contributed by atoms with van der Waals surface area (Å²) in [6.07, 6.45) is 7.28. The number of imidazole rings is 1. The van der Waals surface area contributed by atoms with Crippen molar-refractivity contribution in [2.75, 3.05) is 31.2 Å². The molecule has 0 unspecified atom stereocenters. The van der Waals surface area contributed by atoms with Gasteiger partial charge in [0.15, 0.2) is 6.10 Å². The molecule has 0 N–H and O–H groups in total. The molecule has 260 valence electrons. The molecule has 6 bridgehead atoms. The minimum atomic E-state index is -0.937. The Morgan fingerprint density at radius 1 is 1.10 bits per heavy atom. The van der Waals surface area contributed by atoms with Crippen molar-refractivity contribution in [1.82, 2.24) is 9.38 Å². The Morgan fingerprint density at radius 3 is 2.59 bits per heavy atom. The molecule has 0 amide bonds. The lowest BCUT2D eigenvalue weighted by molar-refractivity contribution is -0.166. The zero-order valence-corrected chi connectivity index (χ0v) is 29.7. The quantitative estimate of drug-likeness (QED) is 0.159. The topological polar surface area (TPSA) is 74.5 Å². The highest BCUT2D eigenvalue weighted by atomic mass is 19.1. The number of pyridine rings is 1. The number of aromatic nitrogens is 2. The van der Waals surface area contributed by atoms with Gasteiger partial charge >= 0.3 is 5.97 Å². The number of nitrogens with zero attached hydrogens (tertiary/aromatic N) is 3. The Kier molecular flexibility index (Phi) is 9.87. The molecule has 49 heavy (non-hydrogen) atoms. The summed E-state index contributed by atoms with van der Waals surface area (Å²) in [5.41, 5.74) is 4.87. The zero-order valence-electron chi connectivity index (χ0n) is 29.7. The van der Waals surface area contributed by atoms with Crippen LogP contribution in [0.15, 0.2) is 66.9 Å². The molecule has 8 nitrogen and oxygen atoms in total. The third-order valence-electron chi connectivity index (χ3n) is 9.23. The molecule has 9 heteroatoms. The summed E-state index contributed by atoms with van der Waals surface area (Å²) >= 11 is 0. The maximum atomic E-state index is 14.5. The summed E-state index contributed by atoms with van der Waals surface area (Å²) in [5, 5.41) is 0. The van der Waals surface area contributed by atoms with Crippen molar-refractivity contribution >= 4 is 17.4 Å². The molecule has 0 saturated carbocycles. The number of rotatable bonds is 4. The van der Waals surface area contributed by atoms with Crippen LogP contribution in [0.25, 0.3) is 28.0 Å². The third-order valence-corrected chi connectivity index (χ3v) is 9.23. The van der Waals surface area contributed by atoms with Crippen LogP contribution < -0.4 is 9.64 Å². The smallest absolute Gasteiger partial charge is 0.340 e. The monoisotopic (exact) mass is 669 g/mol. The second-order valence-corrected chi connectivity index (χ2v) is 14.4. The van der Waals surface area contributed by atoms with Crippen molar-refractivity contribution in [1.29, 1.82) is 0 Å². The molecule has 3 aliphatic rings. The van der Waals surface area contributed by atoms with E-state index in [2.05, 4.69) is 28.4 Å². The van der Waals surface area contributed by atoms with E-state index in [0.29, 0.717) is 18.8 Å². The van der Waals surface area contributed by atoms with Crippen molar-refractivity contribution < 1.29 is 28.1 Å². The Labute approximate surface area is 288 Å². The first-order valence-electron chi connectivity index (χ1n) is 17.3. The van der Waals surface area contributed by atoms with Crippen molar-refractivity contribution in [2.45, 2.75) is 91.1 Å². The minimum absolute atomic E-state index is 0.167. The summed E-state index contributed by atoms with van der Waals surface area (Å²) < 4.78 is 41.4. The largest absolute Gasteiger partial charge is 0.490 e. The molecule has 4 aromatic rings. The fraction of sp³-hybridized carbons (Fsp3) is 0.450. The second-order valence-electron chi connectivity index (χ2n) is 14.4. The van der Waals surface area contributed by atoms with Crippen LogP contribution in [-0.2, 0) is 19.0 Å². The average Bonchev–Trinajstić information content (AvgIpc) is 3.47. The Hall–Kier alpha value is -4.21. The number of anilines is 1. The first-order valence-corrected chi connectivity index (χ1v) is 17.3. The van der Waals surface area contributed by atoms with Crippen LogP contribution >= 0.6 is 0 Å². The van der Waals surface area contributed by atoms with E-state index >= 15 is 0 Å². The van der Waals surface area contributed by atoms with Gasteiger partial charge in [-0.2, -0.15) is 0 Å².